The normalized spacial score (nSPS) is 10.5. The fourth-order valence-electron chi connectivity index (χ4n) is 0.978. The van der Waals surface area contributed by atoms with Gasteiger partial charge in [0.25, 0.3) is 6.43 Å². The fraction of sp³-hybridized carbons (Fsp3) is 0.250. The smallest absolute Gasteiger partial charge is 0.343 e. The Balaban J connectivity index is 3.40. The van der Waals surface area contributed by atoms with Gasteiger partial charge in [-0.2, -0.15) is 4.39 Å². The molecule has 0 aliphatic carbocycles. The second-order valence-electron chi connectivity index (χ2n) is 2.49. The molecular formula is C8H5F3INO2. The lowest BCUT2D eigenvalue weighted by Crippen LogP contribution is -2.11. The summed E-state index contributed by atoms with van der Waals surface area (Å²) in [7, 11) is 0.981. The molecule has 0 radical (unpaired) electrons. The van der Waals surface area contributed by atoms with Gasteiger partial charge < -0.3 is 4.74 Å². The Morgan fingerprint density at radius 3 is 2.67 bits per heavy atom. The van der Waals surface area contributed by atoms with Gasteiger partial charge in [-0.3, -0.25) is 0 Å². The molecule has 0 aliphatic heterocycles. The summed E-state index contributed by atoms with van der Waals surface area (Å²) in [6.07, 6.45) is -2.95. The summed E-state index contributed by atoms with van der Waals surface area (Å²) >= 11 is 1.58. The van der Waals surface area contributed by atoms with Crippen molar-refractivity contribution >= 4 is 28.6 Å². The van der Waals surface area contributed by atoms with E-state index in [0.29, 0.717) is 0 Å². The van der Waals surface area contributed by atoms with Crippen LogP contribution in [0.15, 0.2) is 6.07 Å². The van der Waals surface area contributed by atoms with E-state index in [9.17, 15) is 18.0 Å². The molecule has 0 fully saturated rings. The quantitative estimate of drug-likeness (QED) is 0.475. The Labute approximate surface area is 96.8 Å². The minimum Gasteiger partial charge on any atom is -0.465 e. The Kier molecular flexibility index (Phi) is 3.89. The number of pyridine rings is 1. The van der Waals surface area contributed by atoms with E-state index in [2.05, 4.69) is 9.72 Å². The van der Waals surface area contributed by atoms with E-state index in [0.717, 1.165) is 13.2 Å². The SMILES string of the molecule is COC(=O)c1c(C(F)F)cc(I)nc1F. The summed E-state index contributed by atoms with van der Waals surface area (Å²) in [6.45, 7) is 0. The third-order valence-corrected chi connectivity index (χ3v) is 2.15. The van der Waals surface area contributed by atoms with E-state index in [1.165, 1.54) is 0 Å². The van der Waals surface area contributed by atoms with Crippen molar-refractivity contribution < 1.29 is 22.7 Å². The van der Waals surface area contributed by atoms with Gasteiger partial charge >= 0.3 is 5.97 Å². The Hall–Kier alpha value is -0.860. The van der Waals surface area contributed by atoms with E-state index in [4.69, 9.17) is 0 Å². The van der Waals surface area contributed by atoms with Crippen molar-refractivity contribution in [3.05, 3.63) is 26.8 Å². The van der Waals surface area contributed by atoms with Crippen molar-refractivity contribution in [3.63, 3.8) is 0 Å². The Morgan fingerprint density at radius 1 is 1.60 bits per heavy atom. The van der Waals surface area contributed by atoms with E-state index < -0.39 is 29.5 Å². The van der Waals surface area contributed by atoms with Gasteiger partial charge in [-0.15, -0.1) is 0 Å². The van der Waals surface area contributed by atoms with Gasteiger partial charge in [-0.1, -0.05) is 0 Å². The highest BCUT2D eigenvalue weighted by molar-refractivity contribution is 14.1. The molecule has 0 amide bonds. The number of nitrogens with zero attached hydrogens (tertiary/aromatic N) is 1. The highest BCUT2D eigenvalue weighted by Gasteiger charge is 2.25. The number of aromatic nitrogens is 1. The average Bonchev–Trinajstić information content (AvgIpc) is 2.15. The molecule has 0 saturated carbocycles. The molecule has 0 N–H and O–H groups in total. The van der Waals surface area contributed by atoms with Crippen molar-refractivity contribution in [1.29, 1.82) is 0 Å². The van der Waals surface area contributed by atoms with Crippen molar-refractivity contribution in [2.45, 2.75) is 6.43 Å². The zero-order valence-electron chi connectivity index (χ0n) is 7.43. The third kappa shape index (κ3) is 2.58. The fourth-order valence-corrected chi connectivity index (χ4v) is 1.53. The first-order chi connectivity index (χ1) is 6.97. The molecule has 0 atom stereocenters. The molecule has 3 nitrogen and oxygen atoms in total. The van der Waals surface area contributed by atoms with Gasteiger partial charge in [-0.25, -0.2) is 18.6 Å². The van der Waals surface area contributed by atoms with Gasteiger partial charge in [0.05, 0.1) is 7.11 Å². The number of halogens is 4. The van der Waals surface area contributed by atoms with Crippen LogP contribution in [0.1, 0.15) is 22.3 Å². The van der Waals surface area contributed by atoms with Crippen LogP contribution in [0, 0.1) is 9.65 Å². The second kappa shape index (κ2) is 4.77. The van der Waals surface area contributed by atoms with Crippen LogP contribution >= 0.6 is 22.6 Å². The monoisotopic (exact) mass is 331 g/mol. The number of carbonyl (C=O) groups is 1. The van der Waals surface area contributed by atoms with Crippen LogP contribution < -0.4 is 0 Å². The third-order valence-electron chi connectivity index (χ3n) is 1.60. The van der Waals surface area contributed by atoms with Gasteiger partial charge in [0.15, 0.2) is 0 Å². The van der Waals surface area contributed by atoms with Gasteiger partial charge in [-0.05, 0) is 28.7 Å². The molecule has 7 heteroatoms. The number of methoxy groups -OCH3 is 1. The maximum Gasteiger partial charge on any atom is 0.343 e. The van der Waals surface area contributed by atoms with Crippen LogP contribution in [0.25, 0.3) is 0 Å². The zero-order valence-corrected chi connectivity index (χ0v) is 9.59. The summed E-state index contributed by atoms with van der Waals surface area (Å²) in [6, 6.07) is 0.945. The number of hydrogen-bond acceptors (Lipinski definition) is 3. The summed E-state index contributed by atoms with van der Waals surface area (Å²) in [5, 5.41) is 0. The maximum absolute atomic E-state index is 13.2. The van der Waals surface area contributed by atoms with Crippen LogP contribution in [0.4, 0.5) is 13.2 Å². The van der Waals surface area contributed by atoms with Crippen molar-refractivity contribution in [2.75, 3.05) is 7.11 Å². The minimum absolute atomic E-state index is 0.0491. The highest BCUT2D eigenvalue weighted by atomic mass is 127. The topological polar surface area (TPSA) is 39.2 Å². The lowest BCUT2D eigenvalue weighted by Gasteiger charge is -2.07. The Bertz CT molecular complexity index is 398. The van der Waals surface area contributed by atoms with Gasteiger partial charge in [0, 0.05) is 5.56 Å². The second-order valence-corrected chi connectivity index (χ2v) is 3.60. The molecule has 1 aromatic rings. The molecule has 0 aliphatic rings. The molecule has 1 aromatic heterocycles. The maximum atomic E-state index is 13.2. The van der Waals surface area contributed by atoms with E-state index in [1.54, 1.807) is 22.6 Å². The predicted octanol–water partition coefficient (Wildman–Crippen LogP) is 2.55. The van der Waals surface area contributed by atoms with Crippen LogP contribution in [-0.2, 0) is 4.74 Å². The number of alkyl halides is 2. The van der Waals surface area contributed by atoms with Crippen molar-refractivity contribution in [1.82, 2.24) is 4.98 Å². The number of carbonyl (C=O) groups excluding carboxylic acids is 1. The molecular weight excluding hydrogens is 326 g/mol. The number of ether oxygens (including phenoxy) is 1. The molecule has 1 rings (SSSR count). The number of rotatable bonds is 2. The first-order valence-corrected chi connectivity index (χ1v) is 4.77. The van der Waals surface area contributed by atoms with Crippen molar-refractivity contribution in [2.24, 2.45) is 0 Å². The van der Waals surface area contributed by atoms with Crippen LogP contribution in [-0.4, -0.2) is 18.1 Å². The predicted molar refractivity (Wildman–Crippen MR) is 53.2 cm³/mol. The molecule has 0 unspecified atom stereocenters. The molecule has 15 heavy (non-hydrogen) atoms. The van der Waals surface area contributed by atoms with Gasteiger partial charge in [0.2, 0.25) is 5.95 Å². The molecule has 0 spiro atoms. The van der Waals surface area contributed by atoms with E-state index >= 15 is 0 Å². The number of hydrogen-bond donors (Lipinski definition) is 0. The van der Waals surface area contributed by atoms with Crippen LogP contribution in [0.2, 0.25) is 0 Å². The summed E-state index contributed by atoms with van der Waals surface area (Å²) in [4.78, 5) is 14.3. The standard InChI is InChI=1S/C8H5F3INO2/c1-15-8(14)5-3(6(9)10)2-4(12)13-7(5)11/h2,6H,1H3. The molecule has 0 aromatic carbocycles. The highest BCUT2D eigenvalue weighted by Crippen LogP contribution is 2.26. The molecule has 0 saturated heterocycles. The van der Waals surface area contributed by atoms with E-state index in [-0.39, 0.29) is 3.70 Å². The summed E-state index contributed by atoms with van der Waals surface area (Å²) in [5.41, 5.74) is -1.52. The zero-order chi connectivity index (χ0) is 11.6. The largest absolute Gasteiger partial charge is 0.465 e. The first-order valence-electron chi connectivity index (χ1n) is 3.69. The molecule has 0 bridgehead atoms. The lowest BCUT2D eigenvalue weighted by molar-refractivity contribution is 0.0581. The first kappa shape index (κ1) is 12.2. The molecule has 1 heterocycles. The summed E-state index contributed by atoms with van der Waals surface area (Å²) in [5.74, 6) is -2.41. The van der Waals surface area contributed by atoms with E-state index in [1.807, 2.05) is 0 Å². The van der Waals surface area contributed by atoms with Crippen molar-refractivity contribution in [3.8, 4) is 0 Å². The lowest BCUT2D eigenvalue weighted by atomic mass is 10.1. The average molecular weight is 331 g/mol. The minimum atomic E-state index is -2.95. The Morgan fingerprint density at radius 2 is 2.20 bits per heavy atom. The summed E-state index contributed by atoms with van der Waals surface area (Å²) < 4.78 is 42.4. The van der Waals surface area contributed by atoms with Gasteiger partial charge in [0.1, 0.15) is 9.26 Å². The molecule has 82 valence electrons. The van der Waals surface area contributed by atoms with Crippen LogP contribution in [0.5, 0.6) is 0 Å². The van der Waals surface area contributed by atoms with Crippen LogP contribution in [0.3, 0.4) is 0 Å². The number of esters is 1.